The molecule has 1 atom stereocenters. The minimum atomic E-state index is -0.812. The van der Waals surface area contributed by atoms with Crippen LogP contribution < -0.4 is 14.2 Å². The number of Topliss-reactive ketones (excluding diaryl/α,β-unsaturated/α-hetero) is 1. The van der Waals surface area contributed by atoms with Gasteiger partial charge in [-0.05, 0) is 36.4 Å². The second-order valence-corrected chi connectivity index (χ2v) is 4.99. The van der Waals surface area contributed by atoms with E-state index in [-0.39, 0.29) is 18.2 Å². The highest BCUT2D eigenvalue weighted by molar-refractivity contribution is 6.03. The van der Waals surface area contributed by atoms with Gasteiger partial charge in [0.25, 0.3) is 0 Å². The van der Waals surface area contributed by atoms with E-state index in [0.29, 0.717) is 22.8 Å². The van der Waals surface area contributed by atoms with E-state index < -0.39 is 12.1 Å². The van der Waals surface area contributed by atoms with Crippen molar-refractivity contribution in [2.75, 3.05) is 6.61 Å². The van der Waals surface area contributed by atoms with Gasteiger partial charge >= 0.3 is 5.97 Å². The minimum Gasteiger partial charge on any atom is -0.488 e. The maximum absolute atomic E-state index is 12.9. The molecule has 0 spiro atoms. The summed E-state index contributed by atoms with van der Waals surface area (Å²) in [5.41, 5.74) is 0.347. The zero-order valence-electron chi connectivity index (χ0n) is 12.2. The second-order valence-electron chi connectivity index (χ2n) is 4.99. The van der Waals surface area contributed by atoms with Crippen LogP contribution in [0.4, 0.5) is 4.39 Å². The third-order valence-electron chi connectivity index (χ3n) is 3.25. The number of hydrogen-bond donors (Lipinski definition) is 0. The lowest BCUT2D eigenvalue weighted by Crippen LogP contribution is -2.37. The maximum Gasteiger partial charge on any atom is 0.308 e. The van der Waals surface area contributed by atoms with Gasteiger partial charge in [0, 0.05) is 13.0 Å². The molecule has 2 aromatic rings. The van der Waals surface area contributed by atoms with Crippen LogP contribution in [0.2, 0.25) is 0 Å². The lowest BCUT2D eigenvalue weighted by atomic mass is 10.0. The third kappa shape index (κ3) is 3.31. The third-order valence-corrected chi connectivity index (χ3v) is 3.25. The van der Waals surface area contributed by atoms with Crippen LogP contribution in [-0.2, 0) is 4.79 Å². The molecular weight excluding hydrogens is 303 g/mol. The molecule has 0 saturated heterocycles. The van der Waals surface area contributed by atoms with Crippen molar-refractivity contribution in [3.63, 3.8) is 0 Å². The number of fused-ring (bicyclic) bond motifs is 1. The van der Waals surface area contributed by atoms with Crippen LogP contribution in [0.25, 0.3) is 0 Å². The van der Waals surface area contributed by atoms with Crippen molar-refractivity contribution in [1.29, 1.82) is 0 Å². The summed E-state index contributed by atoms with van der Waals surface area (Å²) in [7, 11) is 0. The number of ether oxygens (including phenoxy) is 3. The minimum absolute atomic E-state index is 0.0206. The summed E-state index contributed by atoms with van der Waals surface area (Å²) in [5, 5.41) is 0. The monoisotopic (exact) mass is 316 g/mol. The van der Waals surface area contributed by atoms with Gasteiger partial charge in [-0.1, -0.05) is 0 Å². The molecule has 5 nitrogen and oxygen atoms in total. The average molecular weight is 316 g/mol. The Morgan fingerprint density at radius 1 is 1.17 bits per heavy atom. The highest BCUT2D eigenvalue weighted by atomic mass is 19.1. The Balaban J connectivity index is 1.78. The number of carbonyl (C=O) groups excluding carboxylic acids is 2. The summed E-state index contributed by atoms with van der Waals surface area (Å²) < 4.78 is 28.9. The van der Waals surface area contributed by atoms with Crippen molar-refractivity contribution in [3.05, 3.63) is 53.8 Å². The Morgan fingerprint density at radius 2 is 1.87 bits per heavy atom. The van der Waals surface area contributed by atoms with Crippen LogP contribution in [0.15, 0.2) is 42.5 Å². The molecule has 0 aliphatic carbocycles. The van der Waals surface area contributed by atoms with Gasteiger partial charge in [-0.25, -0.2) is 4.39 Å². The molecule has 2 aromatic carbocycles. The number of benzene rings is 2. The lowest BCUT2D eigenvalue weighted by Gasteiger charge is -2.25. The molecule has 0 N–H and O–H groups in total. The van der Waals surface area contributed by atoms with Crippen LogP contribution >= 0.6 is 0 Å². The molecule has 118 valence electrons. The molecule has 0 amide bonds. The topological polar surface area (TPSA) is 61.8 Å². The fourth-order valence-corrected chi connectivity index (χ4v) is 2.23. The van der Waals surface area contributed by atoms with E-state index >= 15 is 0 Å². The summed E-state index contributed by atoms with van der Waals surface area (Å²) in [6.45, 7) is 1.31. The van der Waals surface area contributed by atoms with E-state index in [1.54, 1.807) is 0 Å². The molecule has 0 bridgehead atoms. The first kappa shape index (κ1) is 15.0. The summed E-state index contributed by atoms with van der Waals surface area (Å²) in [6, 6.07) is 9.93. The van der Waals surface area contributed by atoms with Crippen LogP contribution in [-0.4, -0.2) is 24.5 Å². The normalized spacial score (nSPS) is 16.3. The first-order valence-electron chi connectivity index (χ1n) is 6.94. The molecule has 23 heavy (non-hydrogen) atoms. The lowest BCUT2D eigenvalue weighted by molar-refractivity contribution is -0.131. The van der Waals surface area contributed by atoms with Gasteiger partial charge in [-0.2, -0.15) is 0 Å². The maximum atomic E-state index is 12.9. The molecular formula is C17H13FO5. The second kappa shape index (κ2) is 6.08. The SMILES string of the molecule is CC(=O)Oc1ccc2c(c1)OCC(Oc1ccc(F)cc1)C2=O. The first-order valence-corrected chi connectivity index (χ1v) is 6.94. The van der Waals surface area contributed by atoms with Crippen molar-refractivity contribution >= 4 is 11.8 Å². The molecule has 1 unspecified atom stereocenters. The zero-order valence-corrected chi connectivity index (χ0v) is 12.2. The fraction of sp³-hybridized carbons (Fsp3) is 0.176. The highest BCUT2D eigenvalue weighted by Crippen LogP contribution is 2.30. The zero-order chi connectivity index (χ0) is 16.4. The average Bonchev–Trinajstić information content (AvgIpc) is 2.51. The van der Waals surface area contributed by atoms with E-state index in [4.69, 9.17) is 14.2 Å². The first-order chi connectivity index (χ1) is 11.0. The molecule has 0 radical (unpaired) electrons. The van der Waals surface area contributed by atoms with Gasteiger partial charge in [-0.15, -0.1) is 0 Å². The van der Waals surface area contributed by atoms with Gasteiger partial charge in [0.15, 0.2) is 6.10 Å². The van der Waals surface area contributed by atoms with Crippen LogP contribution in [0.5, 0.6) is 17.2 Å². The molecule has 1 aliphatic rings. The Morgan fingerprint density at radius 3 is 2.57 bits per heavy atom. The van der Waals surface area contributed by atoms with E-state index in [1.807, 2.05) is 0 Å². The molecule has 3 rings (SSSR count). The van der Waals surface area contributed by atoms with E-state index in [9.17, 15) is 14.0 Å². The summed E-state index contributed by atoms with van der Waals surface area (Å²) in [5.74, 6) is -0.0514. The predicted octanol–water partition coefficient (Wildman–Crippen LogP) is 2.77. The molecule has 6 heteroatoms. The predicted molar refractivity (Wildman–Crippen MR) is 78.4 cm³/mol. The highest BCUT2D eigenvalue weighted by Gasteiger charge is 2.31. The van der Waals surface area contributed by atoms with Crippen molar-refractivity contribution in [2.45, 2.75) is 13.0 Å². The van der Waals surface area contributed by atoms with Gasteiger partial charge in [0.05, 0.1) is 5.56 Å². The fourth-order valence-electron chi connectivity index (χ4n) is 2.23. The number of esters is 1. The van der Waals surface area contributed by atoms with Crippen LogP contribution in [0.3, 0.4) is 0 Å². The molecule has 0 aromatic heterocycles. The van der Waals surface area contributed by atoms with Crippen molar-refractivity contribution in [1.82, 2.24) is 0 Å². The summed E-state index contributed by atoms with van der Waals surface area (Å²) in [6.07, 6.45) is -0.812. The van der Waals surface area contributed by atoms with Gasteiger partial charge in [0.2, 0.25) is 5.78 Å². The quantitative estimate of drug-likeness (QED) is 0.643. The molecule has 1 heterocycles. The summed E-state index contributed by atoms with van der Waals surface area (Å²) >= 11 is 0. The smallest absolute Gasteiger partial charge is 0.308 e. The number of ketones is 1. The van der Waals surface area contributed by atoms with Gasteiger partial charge in [0.1, 0.15) is 29.7 Å². The Kier molecular flexibility index (Phi) is 3.97. The van der Waals surface area contributed by atoms with Crippen LogP contribution in [0, 0.1) is 5.82 Å². The van der Waals surface area contributed by atoms with E-state index in [2.05, 4.69) is 0 Å². The molecule has 1 aliphatic heterocycles. The van der Waals surface area contributed by atoms with Gasteiger partial charge in [-0.3, -0.25) is 9.59 Å². The van der Waals surface area contributed by atoms with Crippen LogP contribution in [0.1, 0.15) is 17.3 Å². The van der Waals surface area contributed by atoms with Crippen molar-refractivity contribution in [3.8, 4) is 17.2 Å². The Labute approximate surface area is 131 Å². The summed E-state index contributed by atoms with van der Waals surface area (Å²) in [4.78, 5) is 23.4. The number of halogens is 1. The van der Waals surface area contributed by atoms with E-state index in [0.717, 1.165) is 0 Å². The molecule has 0 fully saturated rings. The number of rotatable bonds is 3. The molecule has 0 saturated carbocycles. The Bertz CT molecular complexity index is 754. The number of hydrogen-bond acceptors (Lipinski definition) is 5. The Hall–Kier alpha value is -2.89. The van der Waals surface area contributed by atoms with Crippen molar-refractivity contribution < 1.29 is 28.2 Å². The number of carbonyl (C=O) groups is 2. The van der Waals surface area contributed by atoms with Gasteiger partial charge < -0.3 is 14.2 Å². The van der Waals surface area contributed by atoms with E-state index in [1.165, 1.54) is 49.4 Å². The standard InChI is InChI=1S/C17H13FO5/c1-10(19)22-13-6-7-14-15(8-13)21-9-16(17(14)20)23-12-4-2-11(18)3-5-12/h2-8,16H,9H2,1H3. The van der Waals surface area contributed by atoms with Crippen molar-refractivity contribution in [2.24, 2.45) is 0 Å². The largest absolute Gasteiger partial charge is 0.488 e.